The molecule has 2 aliphatic carbocycles. The SMILES string of the molecule is C[C@H](NC(=O)CCCC(=O)c1ccc(F)cc1)[C@@H]1C[C@@H]2CC[C@@H]1C2. The van der Waals surface area contributed by atoms with Crippen molar-refractivity contribution in [2.45, 2.75) is 57.9 Å². The summed E-state index contributed by atoms with van der Waals surface area (Å²) in [5, 5.41) is 3.13. The molecule has 0 heterocycles. The van der Waals surface area contributed by atoms with Crippen molar-refractivity contribution in [1.29, 1.82) is 0 Å². The van der Waals surface area contributed by atoms with Crippen LogP contribution in [0.1, 0.15) is 62.2 Å². The van der Waals surface area contributed by atoms with Gasteiger partial charge in [-0.1, -0.05) is 6.42 Å². The first kappa shape index (κ1) is 17.1. The topological polar surface area (TPSA) is 46.2 Å². The predicted molar refractivity (Wildman–Crippen MR) is 91.1 cm³/mol. The van der Waals surface area contributed by atoms with Crippen LogP contribution in [0.2, 0.25) is 0 Å². The highest BCUT2D eigenvalue weighted by molar-refractivity contribution is 5.96. The Morgan fingerprint density at radius 3 is 2.54 bits per heavy atom. The zero-order chi connectivity index (χ0) is 17.1. The van der Waals surface area contributed by atoms with Crippen molar-refractivity contribution in [2.75, 3.05) is 0 Å². The summed E-state index contributed by atoms with van der Waals surface area (Å²) in [5.74, 6) is 1.97. The maximum Gasteiger partial charge on any atom is 0.220 e. The van der Waals surface area contributed by atoms with E-state index < -0.39 is 0 Å². The summed E-state index contributed by atoms with van der Waals surface area (Å²) in [4.78, 5) is 24.1. The zero-order valence-corrected chi connectivity index (χ0v) is 14.3. The minimum atomic E-state index is -0.347. The first-order chi connectivity index (χ1) is 11.5. The molecule has 2 fully saturated rings. The van der Waals surface area contributed by atoms with Gasteiger partial charge in [-0.2, -0.15) is 0 Å². The molecule has 2 aliphatic rings. The number of Topliss-reactive ketones (excluding diaryl/α,β-unsaturated/α-hetero) is 1. The van der Waals surface area contributed by atoms with E-state index in [-0.39, 0.29) is 23.5 Å². The normalized spacial score (nSPS) is 26.3. The molecule has 0 unspecified atom stereocenters. The van der Waals surface area contributed by atoms with Crippen molar-refractivity contribution >= 4 is 11.7 Å². The number of carbonyl (C=O) groups is 2. The minimum Gasteiger partial charge on any atom is -0.353 e. The van der Waals surface area contributed by atoms with Gasteiger partial charge in [-0.25, -0.2) is 4.39 Å². The summed E-state index contributed by atoms with van der Waals surface area (Å²) in [6.07, 6.45) is 6.52. The van der Waals surface area contributed by atoms with Crippen molar-refractivity contribution in [3.8, 4) is 0 Å². The molecule has 1 amide bonds. The number of benzene rings is 1. The number of fused-ring (bicyclic) bond motifs is 2. The van der Waals surface area contributed by atoms with E-state index >= 15 is 0 Å². The summed E-state index contributed by atoms with van der Waals surface area (Å²) >= 11 is 0. The van der Waals surface area contributed by atoms with Crippen LogP contribution in [-0.2, 0) is 4.79 Å². The molecule has 0 radical (unpaired) electrons. The highest BCUT2D eigenvalue weighted by Crippen LogP contribution is 2.49. The molecule has 0 spiro atoms. The van der Waals surface area contributed by atoms with E-state index in [9.17, 15) is 14.0 Å². The molecule has 1 N–H and O–H groups in total. The molecule has 130 valence electrons. The van der Waals surface area contributed by atoms with Crippen LogP contribution in [0, 0.1) is 23.6 Å². The molecule has 2 bridgehead atoms. The molecular formula is C20H26FNO2. The summed E-state index contributed by atoms with van der Waals surface area (Å²) in [6.45, 7) is 2.12. The number of hydrogen-bond acceptors (Lipinski definition) is 2. The first-order valence-corrected chi connectivity index (χ1v) is 9.11. The lowest BCUT2D eigenvalue weighted by Gasteiger charge is -2.28. The Bertz CT molecular complexity index is 598. The van der Waals surface area contributed by atoms with Gasteiger partial charge in [0.1, 0.15) is 5.82 Å². The van der Waals surface area contributed by atoms with Crippen LogP contribution in [-0.4, -0.2) is 17.7 Å². The second-order valence-corrected chi connectivity index (χ2v) is 7.48. The lowest BCUT2D eigenvalue weighted by atomic mass is 9.84. The van der Waals surface area contributed by atoms with E-state index in [0.717, 1.165) is 11.8 Å². The van der Waals surface area contributed by atoms with Crippen molar-refractivity contribution in [3.63, 3.8) is 0 Å². The van der Waals surface area contributed by atoms with E-state index in [0.29, 0.717) is 30.7 Å². The lowest BCUT2D eigenvalue weighted by molar-refractivity contribution is -0.122. The van der Waals surface area contributed by atoms with E-state index in [1.165, 1.54) is 49.9 Å². The Balaban J connectivity index is 1.38. The number of ketones is 1. The highest BCUT2D eigenvalue weighted by Gasteiger charge is 2.42. The minimum absolute atomic E-state index is 0.0380. The third-order valence-corrected chi connectivity index (χ3v) is 5.80. The third kappa shape index (κ3) is 4.03. The quantitative estimate of drug-likeness (QED) is 0.764. The van der Waals surface area contributed by atoms with E-state index in [2.05, 4.69) is 12.2 Å². The molecule has 4 atom stereocenters. The van der Waals surface area contributed by atoms with Crippen LogP contribution in [0.15, 0.2) is 24.3 Å². The van der Waals surface area contributed by atoms with E-state index in [1.54, 1.807) is 0 Å². The summed E-state index contributed by atoms with van der Waals surface area (Å²) < 4.78 is 12.8. The highest BCUT2D eigenvalue weighted by atomic mass is 19.1. The van der Waals surface area contributed by atoms with Gasteiger partial charge < -0.3 is 5.32 Å². The van der Waals surface area contributed by atoms with Crippen molar-refractivity contribution in [3.05, 3.63) is 35.6 Å². The molecule has 3 nitrogen and oxygen atoms in total. The van der Waals surface area contributed by atoms with Crippen LogP contribution in [0.25, 0.3) is 0 Å². The monoisotopic (exact) mass is 331 g/mol. The van der Waals surface area contributed by atoms with Gasteiger partial charge in [0.05, 0.1) is 0 Å². The summed E-state index contributed by atoms with van der Waals surface area (Å²) in [5.41, 5.74) is 0.507. The standard InChI is InChI=1S/C20H26FNO2/c1-13(18-12-14-5-6-16(18)11-14)22-20(24)4-2-3-19(23)15-7-9-17(21)10-8-15/h7-10,13-14,16,18H,2-6,11-12H2,1H3,(H,22,24)/t13-,14+,16+,18-/m0/s1. The van der Waals surface area contributed by atoms with E-state index in [4.69, 9.17) is 0 Å². The smallest absolute Gasteiger partial charge is 0.220 e. The molecule has 1 aromatic rings. The lowest BCUT2D eigenvalue weighted by Crippen LogP contribution is -2.40. The second kappa shape index (κ2) is 7.45. The molecule has 2 saturated carbocycles. The van der Waals surface area contributed by atoms with Crippen molar-refractivity contribution in [2.24, 2.45) is 17.8 Å². The molecule has 24 heavy (non-hydrogen) atoms. The van der Waals surface area contributed by atoms with Gasteiger partial charge in [0.25, 0.3) is 0 Å². The molecule has 0 saturated heterocycles. The van der Waals surface area contributed by atoms with Gasteiger partial charge in [-0.05, 0) is 74.6 Å². The van der Waals surface area contributed by atoms with Crippen LogP contribution >= 0.6 is 0 Å². The predicted octanol–water partition coefficient (Wildman–Crippen LogP) is 4.12. The van der Waals surface area contributed by atoms with Crippen molar-refractivity contribution < 1.29 is 14.0 Å². The zero-order valence-electron chi connectivity index (χ0n) is 14.3. The Morgan fingerprint density at radius 2 is 1.92 bits per heavy atom. The Kier molecular flexibility index (Phi) is 5.32. The Morgan fingerprint density at radius 1 is 1.17 bits per heavy atom. The fraction of sp³-hybridized carbons (Fsp3) is 0.600. The number of nitrogens with one attached hydrogen (secondary N) is 1. The molecule has 0 aliphatic heterocycles. The molecular weight excluding hydrogens is 305 g/mol. The number of rotatable bonds is 7. The van der Waals surface area contributed by atoms with Gasteiger partial charge in [0.15, 0.2) is 5.78 Å². The Hall–Kier alpha value is -1.71. The average Bonchev–Trinajstić information content (AvgIpc) is 3.18. The van der Waals surface area contributed by atoms with E-state index in [1.807, 2.05) is 0 Å². The number of hydrogen-bond donors (Lipinski definition) is 1. The molecule has 4 heteroatoms. The van der Waals surface area contributed by atoms with Crippen LogP contribution < -0.4 is 5.32 Å². The van der Waals surface area contributed by atoms with Crippen LogP contribution in [0.5, 0.6) is 0 Å². The fourth-order valence-corrected chi connectivity index (χ4v) is 4.53. The first-order valence-electron chi connectivity index (χ1n) is 9.11. The van der Waals surface area contributed by atoms with Crippen LogP contribution in [0.4, 0.5) is 4.39 Å². The fourth-order valence-electron chi connectivity index (χ4n) is 4.53. The van der Waals surface area contributed by atoms with Gasteiger partial charge in [-0.15, -0.1) is 0 Å². The number of halogens is 1. The van der Waals surface area contributed by atoms with Gasteiger partial charge >= 0.3 is 0 Å². The molecule has 3 rings (SSSR count). The van der Waals surface area contributed by atoms with Gasteiger partial charge in [0, 0.05) is 24.4 Å². The number of carbonyl (C=O) groups excluding carboxylic acids is 2. The van der Waals surface area contributed by atoms with Gasteiger partial charge in [0.2, 0.25) is 5.91 Å². The second-order valence-electron chi connectivity index (χ2n) is 7.48. The Labute approximate surface area is 143 Å². The molecule has 0 aromatic heterocycles. The largest absolute Gasteiger partial charge is 0.353 e. The maximum absolute atomic E-state index is 12.8. The van der Waals surface area contributed by atoms with Crippen molar-refractivity contribution in [1.82, 2.24) is 5.32 Å². The van der Waals surface area contributed by atoms with Gasteiger partial charge in [-0.3, -0.25) is 9.59 Å². The average molecular weight is 331 g/mol. The summed E-state index contributed by atoms with van der Waals surface area (Å²) in [6, 6.07) is 5.80. The van der Waals surface area contributed by atoms with Crippen LogP contribution in [0.3, 0.4) is 0 Å². The molecule has 1 aromatic carbocycles. The maximum atomic E-state index is 12.8. The summed E-state index contributed by atoms with van der Waals surface area (Å²) in [7, 11) is 0. The number of amides is 1. The third-order valence-electron chi connectivity index (χ3n) is 5.80.